The van der Waals surface area contributed by atoms with E-state index in [0.29, 0.717) is 5.95 Å². The Morgan fingerprint density at radius 2 is 2.07 bits per heavy atom. The predicted molar refractivity (Wildman–Crippen MR) is 114 cm³/mol. The van der Waals surface area contributed by atoms with Gasteiger partial charge in [0.05, 0.1) is 11.7 Å². The number of benzene rings is 1. The molecule has 3 aromatic rings. The Kier molecular flexibility index (Phi) is 5.66. The molecule has 6 heteroatoms. The second-order valence-electron chi connectivity index (χ2n) is 7.13. The largest absolute Gasteiger partial charge is 0.368 e. The van der Waals surface area contributed by atoms with Gasteiger partial charge in [0.2, 0.25) is 5.95 Å². The van der Waals surface area contributed by atoms with Crippen LogP contribution in [0.5, 0.6) is 0 Å². The molecule has 1 aliphatic heterocycles. The molecule has 0 spiro atoms. The van der Waals surface area contributed by atoms with E-state index in [1.807, 2.05) is 6.07 Å². The molecular formula is C21H27N5S. The van der Waals surface area contributed by atoms with Gasteiger partial charge in [-0.05, 0) is 24.6 Å². The van der Waals surface area contributed by atoms with Gasteiger partial charge in [0, 0.05) is 29.9 Å². The SMILES string of the molecule is CCCCCN1CCNCC1c1nc(N)nc2sc(-c3ccccc3)cc12. The van der Waals surface area contributed by atoms with Crippen molar-refractivity contribution in [2.75, 3.05) is 31.9 Å². The molecule has 1 saturated heterocycles. The predicted octanol–water partition coefficient (Wildman–Crippen LogP) is 4.08. The summed E-state index contributed by atoms with van der Waals surface area (Å²) in [4.78, 5) is 14.0. The van der Waals surface area contributed by atoms with Crippen LogP contribution in [0.25, 0.3) is 20.7 Å². The molecule has 0 amide bonds. The number of fused-ring (bicyclic) bond motifs is 1. The average Bonchev–Trinajstić information content (AvgIpc) is 3.13. The Balaban J connectivity index is 1.72. The second kappa shape index (κ2) is 8.33. The molecule has 1 aliphatic rings. The number of nitrogens with zero attached hydrogens (tertiary/aromatic N) is 3. The first kappa shape index (κ1) is 18.3. The zero-order chi connectivity index (χ0) is 18.6. The van der Waals surface area contributed by atoms with Crippen LogP contribution in [0.4, 0.5) is 5.95 Å². The van der Waals surface area contributed by atoms with E-state index in [9.17, 15) is 0 Å². The first-order valence-corrected chi connectivity index (χ1v) is 10.6. The Morgan fingerprint density at radius 3 is 2.89 bits per heavy atom. The summed E-state index contributed by atoms with van der Waals surface area (Å²) in [5.41, 5.74) is 8.38. The Bertz CT molecular complexity index is 892. The van der Waals surface area contributed by atoms with Gasteiger partial charge >= 0.3 is 0 Å². The first-order chi connectivity index (χ1) is 13.3. The maximum absolute atomic E-state index is 6.09. The normalized spacial score (nSPS) is 18.2. The van der Waals surface area contributed by atoms with Crippen molar-refractivity contribution in [3.05, 3.63) is 42.1 Å². The molecule has 4 rings (SSSR count). The van der Waals surface area contributed by atoms with Gasteiger partial charge in [-0.15, -0.1) is 11.3 Å². The summed E-state index contributed by atoms with van der Waals surface area (Å²) in [6.45, 7) is 6.36. The minimum atomic E-state index is 0.252. The van der Waals surface area contributed by atoms with Crippen LogP contribution in [0.3, 0.4) is 0 Å². The van der Waals surface area contributed by atoms with Gasteiger partial charge in [-0.1, -0.05) is 50.1 Å². The van der Waals surface area contributed by atoms with E-state index >= 15 is 0 Å². The van der Waals surface area contributed by atoms with Crippen molar-refractivity contribution < 1.29 is 0 Å². The number of aromatic nitrogens is 2. The van der Waals surface area contributed by atoms with Crippen molar-refractivity contribution in [3.63, 3.8) is 0 Å². The monoisotopic (exact) mass is 381 g/mol. The van der Waals surface area contributed by atoms with Gasteiger partial charge in [0.25, 0.3) is 0 Å². The van der Waals surface area contributed by atoms with E-state index in [-0.39, 0.29) is 6.04 Å². The Morgan fingerprint density at radius 1 is 1.22 bits per heavy atom. The summed E-state index contributed by atoms with van der Waals surface area (Å²) in [7, 11) is 0. The number of unbranched alkanes of at least 4 members (excludes halogenated alkanes) is 2. The highest BCUT2D eigenvalue weighted by molar-refractivity contribution is 7.21. The summed E-state index contributed by atoms with van der Waals surface area (Å²) in [6.07, 6.45) is 3.75. The van der Waals surface area contributed by atoms with Crippen LogP contribution in [-0.4, -0.2) is 41.0 Å². The Labute approximate surface area is 164 Å². The molecule has 1 aromatic carbocycles. The highest BCUT2D eigenvalue weighted by Crippen LogP contribution is 2.37. The molecule has 0 bridgehead atoms. The topological polar surface area (TPSA) is 67.1 Å². The third-order valence-corrected chi connectivity index (χ3v) is 6.29. The van der Waals surface area contributed by atoms with Crippen molar-refractivity contribution in [1.82, 2.24) is 20.2 Å². The maximum Gasteiger partial charge on any atom is 0.221 e. The molecule has 27 heavy (non-hydrogen) atoms. The van der Waals surface area contributed by atoms with Crippen LogP contribution < -0.4 is 11.1 Å². The number of hydrogen-bond acceptors (Lipinski definition) is 6. The second-order valence-corrected chi connectivity index (χ2v) is 8.16. The lowest BCUT2D eigenvalue weighted by Gasteiger charge is -2.36. The van der Waals surface area contributed by atoms with Crippen LogP contribution in [-0.2, 0) is 0 Å². The number of nitrogen functional groups attached to an aromatic ring is 1. The van der Waals surface area contributed by atoms with E-state index in [1.165, 1.54) is 29.7 Å². The minimum absolute atomic E-state index is 0.252. The molecule has 1 atom stereocenters. The lowest BCUT2D eigenvalue weighted by molar-refractivity contribution is 0.157. The van der Waals surface area contributed by atoms with Gasteiger partial charge in [-0.3, -0.25) is 4.90 Å². The van der Waals surface area contributed by atoms with Crippen molar-refractivity contribution in [3.8, 4) is 10.4 Å². The third kappa shape index (κ3) is 3.98. The smallest absolute Gasteiger partial charge is 0.221 e. The molecule has 5 nitrogen and oxygen atoms in total. The third-order valence-electron chi connectivity index (χ3n) is 5.22. The van der Waals surface area contributed by atoms with Gasteiger partial charge in [-0.2, -0.15) is 0 Å². The summed E-state index contributed by atoms with van der Waals surface area (Å²) in [5, 5.41) is 4.68. The molecule has 0 radical (unpaired) electrons. The number of nitrogens with one attached hydrogen (secondary N) is 1. The van der Waals surface area contributed by atoms with Crippen molar-refractivity contribution in [1.29, 1.82) is 0 Å². The number of anilines is 1. The molecule has 3 heterocycles. The highest BCUT2D eigenvalue weighted by atomic mass is 32.1. The van der Waals surface area contributed by atoms with E-state index in [1.54, 1.807) is 11.3 Å². The highest BCUT2D eigenvalue weighted by Gasteiger charge is 2.27. The van der Waals surface area contributed by atoms with Crippen molar-refractivity contribution >= 4 is 27.5 Å². The summed E-state index contributed by atoms with van der Waals surface area (Å²) < 4.78 is 0. The molecule has 0 saturated carbocycles. The number of rotatable bonds is 6. The zero-order valence-corrected chi connectivity index (χ0v) is 16.6. The van der Waals surface area contributed by atoms with E-state index < -0.39 is 0 Å². The molecule has 1 fully saturated rings. The zero-order valence-electron chi connectivity index (χ0n) is 15.8. The van der Waals surface area contributed by atoms with Gasteiger partial charge in [0.1, 0.15) is 4.83 Å². The minimum Gasteiger partial charge on any atom is -0.368 e. The maximum atomic E-state index is 6.09. The van der Waals surface area contributed by atoms with E-state index in [2.05, 4.69) is 52.5 Å². The quantitative estimate of drug-likeness (QED) is 0.630. The molecular weight excluding hydrogens is 354 g/mol. The summed E-state index contributed by atoms with van der Waals surface area (Å²) in [6, 6.07) is 13.0. The average molecular weight is 382 g/mol. The van der Waals surface area contributed by atoms with E-state index in [4.69, 9.17) is 10.7 Å². The fourth-order valence-electron chi connectivity index (χ4n) is 3.81. The van der Waals surface area contributed by atoms with Crippen molar-refractivity contribution in [2.45, 2.75) is 32.2 Å². The Hall–Kier alpha value is -2.02. The summed E-state index contributed by atoms with van der Waals surface area (Å²) >= 11 is 1.70. The van der Waals surface area contributed by atoms with Gasteiger partial charge in [-0.25, -0.2) is 9.97 Å². The number of nitrogens with two attached hydrogens (primary N) is 1. The van der Waals surface area contributed by atoms with Crippen LogP contribution in [0.2, 0.25) is 0 Å². The fraction of sp³-hybridized carbons (Fsp3) is 0.429. The molecule has 3 N–H and O–H groups in total. The van der Waals surface area contributed by atoms with Crippen LogP contribution >= 0.6 is 11.3 Å². The summed E-state index contributed by atoms with van der Waals surface area (Å²) in [5.74, 6) is 0.373. The van der Waals surface area contributed by atoms with Crippen molar-refractivity contribution in [2.24, 2.45) is 0 Å². The van der Waals surface area contributed by atoms with Gasteiger partial charge in [0.15, 0.2) is 0 Å². The number of piperazine rings is 1. The molecule has 142 valence electrons. The van der Waals surface area contributed by atoms with Gasteiger partial charge < -0.3 is 11.1 Å². The van der Waals surface area contributed by atoms with Crippen LogP contribution in [0, 0.1) is 0 Å². The molecule has 0 aliphatic carbocycles. The van der Waals surface area contributed by atoms with E-state index in [0.717, 1.165) is 42.1 Å². The number of hydrogen-bond donors (Lipinski definition) is 2. The molecule has 2 aromatic heterocycles. The van der Waals surface area contributed by atoms with Crippen LogP contribution in [0.15, 0.2) is 36.4 Å². The lowest BCUT2D eigenvalue weighted by Crippen LogP contribution is -2.46. The standard InChI is InChI=1S/C21H27N5S/c1-2-3-7-11-26-12-10-23-14-17(26)19-16-13-18(15-8-5-4-6-9-15)27-20(16)25-21(22)24-19/h4-6,8-9,13,17,23H,2-3,7,10-12,14H2,1H3,(H2,22,24,25). The first-order valence-electron chi connectivity index (χ1n) is 9.83. The molecule has 1 unspecified atom stereocenters. The number of thiophene rings is 1. The lowest BCUT2D eigenvalue weighted by atomic mass is 10.0. The van der Waals surface area contributed by atoms with Crippen LogP contribution in [0.1, 0.15) is 37.9 Å². The fourth-order valence-corrected chi connectivity index (χ4v) is 4.86.